The number of aliphatic hydroxyl groups is 1. The van der Waals surface area contributed by atoms with E-state index in [9.17, 15) is 36.2 Å². The molecule has 1 heterocycles. The van der Waals surface area contributed by atoms with E-state index in [-0.39, 0.29) is 41.4 Å². The highest BCUT2D eigenvalue weighted by Crippen LogP contribution is 2.43. The smallest absolute Gasteiger partial charge is 0.433 e. The van der Waals surface area contributed by atoms with Crippen LogP contribution in [0.2, 0.25) is 0 Å². The van der Waals surface area contributed by atoms with Gasteiger partial charge in [-0.15, -0.1) is 0 Å². The molecular weight excluding hydrogens is 719 g/mol. The third kappa shape index (κ3) is 10.3. The average Bonchev–Trinajstić information content (AvgIpc) is 3.10. The molecule has 3 aromatic rings. The summed E-state index contributed by atoms with van der Waals surface area (Å²) in [4.78, 5) is 29.0. The Morgan fingerprint density at radius 2 is 1.68 bits per heavy atom. The van der Waals surface area contributed by atoms with Crippen molar-refractivity contribution in [3.63, 3.8) is 0 Å². The number of amides is 1. The van der Waals surface area contributed by atoms with Gasteiger partial charge in [-0.05, 0) is 69.1 Å². The number of carbonyl (C=O) groups is 2. The number of likely N-dealkylation sites (N-methyl/N-ethyl adjacent to an activating group) is 1. The van der Waals surface area contributed by atoms with Gasteiger partial charge in [0.05, 0.1) is 47.9 Å². The number of nitrogens with one attached hydrogen (secondary N) is 2. The average molecular weight is 760 g/mol. The molecule has 1 amide bonds. The quantitative estimate of drug-likeness (QED) is 0.0521. The van der Waals surface area contributed by atoms with Crippen LogP contribution in [0.3, 0.4) is 0 Å². The summed E-state index contributed by atoms with van der Waals surface area (Å²) in [6, 6.07) is 5.39. The normalized spacial score (nSPS) is 14.5. The van der Waals surface area contributed by atoms with Gasteiger partial charge in [0.25, 0.3) is 5.91 Å². The van der Waals surface area contributed by atoms with Crippen molar-refractivity contribution in [2.45, 2.75) is 50.5 Å². The van der Waals surface area contributed by atoms with E-state index in [1.54, 1.807) is 19.1 Å². The summed E-state index contributed by atoms with van der Waals surface area (Å²) in [7, 11) is 4.77. The number of halogens is 7. The Hall–Kier alpha value is -4.65. The Labute approximate surface area is 301 Å². The maximum Gasteiger partial charge on any atom is 0.433 e. The van der Waals surface area contributed by atoms with E-state index >= 15 is 4.39 Å². The fraction of sp³-hybridized carbons (Fsp3) is 0.429. The van der Waals surface area contributed by atoms with Crippen molar-refractivity contribution in [1.29, 1.82) is 0 Å². The van der Waals surface area contributed by atoms with Crippen molar-refractivity contribution in [3.8, 4) is 17.0 Å². The Morgan fingerprint density at radius 1 is 1.00 bits per heavy atom. The van der Waals surface area contributed by atoms with E-state index in [1.165, 1.54) is 26.2 Å². The van der Waals surface area contributed by atoms with Crippen LogP contribution in [0, 0.1) is 12.7 Å². The predicted octanol–water partition coefficient (Wildman–Crippen LogP) is 6.47. The first kappa shape index (κ1) is 42.8. The van der Waals surface area contributed by atoms with Crippen LogP contribution in [0.15, 0.2) is 54.1 Å². The maximum absolute atomic E-state index is 15.8. The molecule has 4 rings (SSSR count). The Morgan fingerprint density at radius 3 is 2.26 bits per heavy atom. The van der Waals surface area contributed by atoms with Gasteiger partial charge in [-0.3, -0.25) is 10.2 Å². The fourth-order valence-electron chi connectivity index (χ4n) is 5.57. The molecule has 0 radical (unpaired) electrons. The van der Waals surface area contributed by atoms with Gasteiger partial charge in [-0.2, -0.15) is 26.3 Å². The van der Waals surface area contributed by atoms with Crippen LogP contribution < -0.4 is 15.5 Å². The van der Waals surface area contributed by atoms with E-state index in [0.29, 0.717) is 57.0 Å². The molecule has 1 aromatic heterocycles. The molecule has 3 N–H and O–H groups in total. The molecule has 0 spiro atoms. The van der Waals surface area contributed by atoms with Crippen LogP contribution in [-0.4, -0.2) is 86.0 Å². The first-order chi connectivity index (χ1) is 25.0. The van der Waals surface area contributed by atoms with Crippen molar-refractivity contribution in [3.05, 3.63) is 82.3 Å². The van der Waals surface area contributed by atoms with Gasteiger partial charge in [0.2, 0.25) is 0 Å². The molecule has 1 saturated carbocycles. The highest BCUT2D eigenvalue weighted by atomic mass is 19.4. The van der Waals surface area contributed by atoms with E-state index < -0.39 is 64.3 Å². The summed E-state index contributed by atoms with van der Waals surface area (Å²) < 4.78 is 113. The summed E-state index contributed by atoms with van der Waals surface area (Å²) in [5.74, 6) is -1.96. The van der Waals surface area contributed by atoms with Crippen LogP contribution in [0.5, 0.6) is 5.75 Å². The lowest BCUT2D eigenvalue weighted by Crippen LogP contribution is -2.58. The van der Waals surface area contributed by atoms with E-state index in [0.717, 1.165) is 6.07 Å². The van der Waals surface area contributed by atoms with Crippen LogP contribution in [0.4, 0.5) is 36.4 Å². The molecule has 0 saturated heterocycles. The van der Waals surface area contributed by atoms with Gasteiger partial charge in [-0.1, -0.05) is 6.07 Å². The second-order valence-corrected chi connectivity index (χ2v) is 11.8. The predicted molar refractivity (Wildman–Crippen MR) is 179 cm³/mol. The molecule has 1 aliphatic rings. The lowest BCUT2D eigenvalue weighted by atomic mass is 9.73. The number of rotatable bonds is 15. The molecule has 290 valence electrons. The van der Waals surface area contributed by atoms with E-state index in [1.807, 2.05) is 6.79 Å². The summed E-state index contributed by atoms with van der Waals surface area (Å²) in [6.45, 7) is 4.54. The highest BCUT2D eigenvalue weighted by molar-refractivity contribution is 6.06. The van der Waals surface area contributed by atoms with Crippen LogP contribution in [-0.2, 0) is 37.8 Å². The third-order valence-electron chi connectivity index (χ3n) is 8.69. The molecule has 2 aromatic carbocycles. The number of alkyl halides is 6. The summed E-state index contributed by atoms with van der Waals surface area (Å²) >= 11 is 0. The van der Waals surface area contributed by atoms with Gasteiger partial charge < -0.3 is 29.4 Å². The molecule has 0 atom stereocenters. The monoisotopic (exact) mass is 759 g/mol. The first-order valence-corrected chi connectivity index (χ1v) is 16.1. The lowest BCUT2D eigenvalue weighted by molar-refractivity contribution is -0.141. The van der Waals surface area contributed by atoms with Crippen molar-refractivity contribution in [2.24, 2.45) is 0 Å². The number of methoxy groups -OCH3 is 1. The summed E-state index contributed by atoms with van der Waals surface area (Å²) in [5, 5.41) is 15.8. The zero-order valence-corrected chi connectivity index (χ0v) is 29.4. The number of anilines is 1. The molecular formula is C35H40F7N5O6. The minimum absolute atomic E-state index is 0.00672. The number of hydrogen-bond donors (Lipinski definition) is 3. The Kier molecular flexibility index (Phi) is 14.8. The van der Waals surface area contributed by atoms with Crippen molar-refractivity contribution < 1.29 is 59.6 Å². The number of nitrogens with zero attached hydrogens (tertiary/aromatic N) is 3. The number of benzene rings is 2. The number of aliphatic hydroxyl groups excluding tert-OH is 1. The van der Waals surface area contributed by atoms with E-state index in [2.05, 4.69) is 20.7 Å². The molecule has 1 fully saturated rings. The van der Waals surface area contributed by atoms with Crippen molar-refractivity contribution in [1.82, 2.24) is 20.4 Å². The number of ether oxygens (including phenoxy) is 3. The third-order valence-corrected chi connectivity index (χ3v) is 8.69. The van der Waals surface area contributed by atoms with Crippen LogP contribution >= 0.6 is 0 Å². The Bertz CT molecular complexity index is 1750. The standard InChI is InChI=1S/C34H38F7N5O5.CH2O/c1-20-27(51-15-14-50-13-12-49-4)9-6-21(29(20)35)16-24(30(47)32(10-5-11-32)46(3)42-2)31(48)45-25-8-7-22(33(36,37)38)17-23(25)26-18-28(34(39,40)41)44-19-43-26;1-2/h6-9,17-19,42,47H,5,10-16H2,1-4H3,(H,45,48);1H2/b30-24-;. The van der Waals surface area contributed by atoms with E-state index in [4.69, 9.17) is 19.0 Å². The molecule has 0 aliphatic heterocycles. The second kappa shape index (κ2) is 18.4. The lowest BCUT2D eigenvalue weighted by Gasteiger charge is -2.48. The molecule has 0 bridgehead atoms. The number of carbonyl (C=O) groups excluding carboxylic acids is 2. The molecule has 11 nitrogen and oxygen atoms in total. The molecule has 1 aliphatic carbocycles. The van der Waals surface area contributed by atoms with Gasteiger partial charge in [0, 0.05) is 31.7 Å². The number of aromatic nitrogens is 2. The highest BCUT2D eigenvalue weighted by Gasteiger charge is 2.47. The number of hydrazine groups is 1. The largest absolute Gasteiger partial charge is 0.510 e. The second-order valence-electron chi connectivity index (χ2n) is 11.8. The van der Waals surface area contributed by atoms with Gasteiger partial charge in [0.15, 0.2) is 0 Å². The van der Waals surface area contributed by atoms with Gasteiger partial charge in [-0.25, -0.2) is 19.4 Å². The maximum atomic E-state index is 15.8. The zero-order valence-electron chi connectivity index (χ0n) is 29.4. The first-order valence-electron chi connectivity index (χ1n) is 16.1. The minimum atomic E-state index is -4.94. The molecule has 53 heavy (non-hydrogen) atoms. The topological polar surface area (TPSA) is 135 Å². The molecule has 0 unspecified atom stereocenters. The fourth-order valence-corrected chi connectivity index (χ4v) is 5.57. The minimum Gasteiger partial charge on any atom is -0.510 e. The van der Waals surface area contributed by atoms with Crippen LogP contribution in [0.25, 0.3) is 11.3 Å². The number of hydrogen-bond acceptors (Lipinski definition) is 10. The zero-order chi connectivity index (χ0) is 39.6. The van der Waals surface area contributed by atoms with Gasteiger partial charge in [0.1, 0.15) is 42.7 Å². The van der Waals surface area contributed by atoms with Gasteiger partial charge >= 0.3 is 12.4 Å². The SMILES string of the molecule is C=O.CNN(C)C1(/C(O)=C(\Cc2ccc(OCCOCCOC)c(C)c2F)C(=O)Nc2ccc(C(F)(F)F)cc2-c2cc(C(F)(F)F)ncn2)CCC1. The van der Waals surface area contributed by atoms with Crippen molar-refractivity contribution >= 4 is 18.4 Å². The Balaban J connectivity index is 0.00000372. The summed E-state index contributed by atoms with van der Waals surface area (Å²) in [5.41, 5.74) is -2.41. The van der Waals surface area contributed by atoms with Crippen LogP contribution in [0.1, 0.15) is 41.6 Å². The molecule has 18 heteroatoms. The summed E-state index contributed by atoms with van der Waals surface area (Å²) in [6.07, 6.45) is -8.27. The van der Waals surface area contributed by atoms with Crippen molar-refractivity contribution in [2.75, 3.05) is 52.9 Å².